The molecule has 1 rings (SSSR count). The molecule has 1 aromatic carbocycles. The van der Waals surface area contributed by atoms with Crippen molar-refractivity contribution >= 4 is 5.57 Å². The van der Waals surface area contributed by atoms with Gasteiger partial charge in [-0.05, 0) is 37.8 Å². The third-order valence-electron chi connectivity index (χ3n) is 2.71. The number of hydrogen-bond acceptors (Lipinski definition) is 2. The van der Waals surface area contributed by atoms with E-state index in [1.165, 1.54) is 11.1 Å². The van der Waals surface area contributed by atoms with Gasteiger partial charge in [-0.1, -0.05) is 48.6 Å². The topological polar surface area (TPSA) is 24.7 Å². The average Bonchev–Trinajstić information content (AvgIpc) is 2.43. The van der Waals surface area contributed by atoms with E-state index in [1.807, 2.05) is 19.1 Å². The van der Waals surface area contributed by atoms with Crippen LogP contribution in [0.2, 0.25) is 0 Å². The quantitative estimate of drug-likeness (QED) is 0.369. The Bertz CT molecular complexity index is 402. The molecule has 0 N–H and O–H groups in total. The molecular weight excluding hydrogens is 220 g/mol. The van der Waals surface area contributed by atoms with Gasteiger partial charge in [-0.15, -0.1) is 0 Å². The lowest BCUT2D eigenvalue weighted by molar-refractivity contribution is 0.838. The van der Waals surface area contributed by atoms with Gasteiger partial charge in [0.25, 0.3) is 0 Å². The summed E-state index contributed by atoms with van der Waals surface area (Å²) in [5, 5.41) is 8.36. The summed E-state index contributed by atoms with van der Waals surface area (Å²) >= 11 is 0. The molecule has 0 aromatic heterocycles. The molecule has 0 amide bonds. The number of hydrogen-bond donors (Lipinski definition) is 0. The zero-order valence-electron chi connectivity index (χ0n) is 11.3. The molecule has 2 heteroatoms. The summed E-state index contributed by atoms with van der Waals surface area (Å²) in [6.07, 6.45) is 8.25. The minimum absolute atomic E-state index is 0.768. The van der Waals surface area contributed by atoms with Gasteiger partial charge < -0.3 is 0 Å². The SMILES string of the molecule is CC=CCCN=NCCC(=CC)c1ccccc1. The molecule has 0 saturated heterocycles. The van der Waals surface area contributed by atoms with Gasteiger partial charge in [0.05, 0.1) is 13.1 Å². The highest BCUT2D eigenvalue weighted by Crippen LogP contribution is 2.17. The van der Waals surface area contributed by atoms with Crippen LogP contribution in [0.4, 0.5) is 0 Å². The molecule has 2 nitrogen and oxygen atoms in total. The molecule has 0 unspecified atom stereocenters. The van der Waals surface area contributed by atoms with Gasteiger partial charge in [0.15, 0.2) is 0 Å². The van der Waals surface area contributed by atoms with Gasteiger partial charge >= 0.3 is 0 Å². The van der Waals surface area contributed by atoms with E-state index in [4.69, 9.17) is 0 Å². The van der Waals surface area contributed by atoms with Crippen LogP contribution in [0.1, 0.15) is 32.3 Å². The van der Waals surface area contributed by atoms with Crippen molar-refractivity contribution in [1.29, 1.82) is 0 Å². The maximum absolute atomic E-state index is 4.21. The Kier molecular flexibility index (Phi) is 7.45. The maximum Gasteiger partial charge on any atom is 0.0639 e. The second kappa shape index (κ2) is 9.34. The van der Waals surface area contributed by atoms with Crippen LogP contribution >= 0.6 is 0 Å². The van der Waals surface area contributed by atoms with E-state index in [0.717, 1.165) is 25.9 Å². The van der Waals surface area contributed by atoms with E-state index in [0.29, 0.717) is 0 Å². The Hall–Kier alpha value is -1.70. The number of allylic oxidation sites excluding steroid dienone is 2. The smallest absolute Gasteiger partial charge is 0.0639 e. The van der Waals surface area contributed by atoms with Gasteiger partial charge in [0.2, 0.25) is 0 Å². The van der Waals surface area contributed by atoms with Crippen molar-refractivity contribution in [1.82, 2.24) is 0 Å². The van der Waals surface area contributed by atoms with Crippen molar-refractivity contribution < 1.29 is 0 Å². The fourth-order valence-corrected chi connectivity index (χ4v) is 1.72. The summed E-state index contributed by atoms with van der Waals surface area (Å²) in [6, 6.07) is 10.4. The van der Waals surface area contributed by atoms with Gasteiger partial charge in [0.1, 0.15) is 0 Å². The molecule has 18 heavy (non-hydrogen) atoms. The molecule has 0 atom stereocenters. The average molecular weight is 242 g/mol. The molecule has 0 heterocycles. The third-order valence-corrected chi connectivity index (χ3v) is 2.71. The van der Waals surface area contributed by atoms with Crippen molar-refractivity contribution in [2.24, 2.45) is 10.2 Å². The standard InChI is InChI=1S/C16H22N2/c1-3-5-9-13-17-18-14-12-15(4-2)16-10-7-6-8-11-16/h3-8,10-11H,9,12-14H2,1-2H3. The summed E-state index contributed by atoms with van der Waals surface area (Å²) in [7, 11) is 0. The molecule has 0 fully saturated rings. The van der Waals surface area contributed by atoms with Crippen LogP contribution in [0.3, 0.4) is 0 Å². The summed E-state index contributed by atoms with van der Waals surface area (Å²) in [6.45, 7) is 5.66. The van der Waals surface area contributed by atoms with Crippen LogP contribution in [0.15, 0.2) is 58.8 Å². The second-order valence-electron chi connectivity index (χ2n) is 4.02. The predicted molar refractivity (Wildman–Crippen MR) is 78.7 cm³/mol. The zero-order chi connectivity index (χ0) is 13.1. The monoisotopic (exact) mass is 242 g/mol. The van der Waals surface area contributed by atoms with E-state index in [2.05, 4.69) is 53.6 Å². The van der Waals surface area contributed by atoms with Crippen LogP contribution < -0.4 is 0 Å². The molecule has 0 bridgehead atoms. The van der Waals surface area contributed by atoms with E-state index >= 15 is 0 Å². The van der Waals surface area contributed by atoms with E-state index < -0.39 is 0 Å². The lowest BCUT2D eigenvalue weighted by atomic mass is 10.0. The first-order valence-electron chi connectivity index (χ1n) is 6.53. The molecule has 1 aromatic rings. The molecular formula is C16H22N2. The molecule has 0 aliphatic carbocycles. The zero-order valence-corrected chi connectivity index (χ0v) is 11.3. The summed E-state index contributed by atoms with van der Waals surface area (Å²) in [5.74, 6) is 0. The summed E-state index contributed by atoms with van der Waals surface area (Å²) in [5.41, 5.74) is 2.62. The van der Waals surface area contributed by atoms with Crippen LogP contribution in [0.25, 0.3) is 5.57 Å². The lowest BCUT2D eigenvalue weighted by Gasteiger charge is -2.04. The highest BCUT2D eigenvalue weighted by molar-refractivity contribution is 5.65. The molecule has 0 saturated carbocycles. The Morgan fingerprint density at radius 3 is 2.44 bits per heavy atom. The Morgan fingerprint density at radius 2 is 1.78 bits per heavy atom. The Labute approximate surface area is 110 Å². The largest absolute Gasteiger partial charge is 0.194 e. The number of nitrogens with zero attached hydrogens (tertiary/aromatic N) is 2. The number of azo groups is 1. The lowest BCUT2D eigenvalue weighted by Crippen LogP contribution is -1.87. The first-order chi connectivity index (χ1) is 8.88. The van der Waals surface area contributed by atoms with Crippen molar-refractivity contribution in [3.63, 3.8) is 0 Å². The van der Waals surface area contributed by atoms with Gasteiger partial charge in [-0.25, -0.2) is 0 Å². The van der Waals surface area contributed by atoms with Crippen molar-refractivity contribution in [2.45, 2.75) is 26.7 Å². The maximum atomic E-state index is 4.21. The highest BCUT2D eigenvalue weighted by atomic mass is 15.1. The molecule has 0 radical (unpaired) electrons. The second-order valence-corrected chi connectivity index (χ2v) is 4.02. The highest BCUT2D eigenvalue weighted by Gasteiger charge is 1.98. The number of benzene rings is 1. The van der Waals surface area contributed by atoms with E-state index in [1.54, 1.807) is 0 Å². The Balaban J connectivity index is 2.33. The normalized spacial score (nSPS) is 12.7. The van der Waals surface area contributed by atoms with Crippen molar-refractivity contribution in [3.05, 3.63) is 54.1 Å². The predicted octanol–water partition coefficient (Wildman–Crippen LogP) is 4.90. The number of rotatable bonds is 7. The minimum Gasteiger partial charge on any atom is -0.194 e. The minimum atomic E-state index is 0.768. The molecule has 0 spiro atoms. The molecule has 0 aliphatic rings. The van der Waals surface area contributed by atoms with E-state index in [9.17, 15) is 0 Å². The fourth-order valence-electron chi connectivity index (χ4n) is 1.72. The van der Waals surface area contributed by atoms with Crippen LogP contribution in [-0.2, 0) is 0 Å². The molecule has 96 valence electrons. The van der Waals surface area contributed by atoms with Crippen LogP contribution in [0, 0.1) is 0 Å². The van der Waals surface area contributed by atoms with Gasteiger partial charge in [-0.3, -0.25) is 0 Å². The summed E-state index contributed by atoms with van der Waals surface area (Å²) < 4.78 is 0. The van der Waals surface area contributed by atoms with Crippen molar-refractivity contribution in [3.8, 4) is 0 Å². The summed E-state index contributed by atoms with van der Waals surface area (Å²) in [4.78, 5) is 0. The van der Waals surface area contributed by atoms with Crippen LogP contribution in [-0.4, -0.2) is 13.1 Å². The third kappa shape index (κ3) is 5.58. The fraction of sp³-hybridized carbons (Fsp3) is 0.375. The first-order valence-corrected chi connectivity index (χ1v) is 6.53. The van der Waals surface area contributed by atoms with Crippen LogP contribution in [0.5, 0.6) is 0 Å². The van der Waals surface area contributed by atoms with Crippen molar-refractivity contribution in [2.75, 3.05) is 13.1 Å². The van der Waals surface area contributed by atoms with E-state index in [-0.39, 0.29) is 0 Å². The Morgan fingerprint density at radius 1 is 1.06 bits per heavy atom. The van der Waals surface area contributed by atoms with Gasteiger partial charge in [-0.2, -0.15) is 10.2 Å². The van der Waals surface area contributed by atoms with Gasteiger partial charge in [0, 0.05) is 0 Å². The first kappa shape index (κ1) is 14.4. The molecule has 0 aliphatic heterocycles.